The first kappa shape index (κ1) is 12.6. The van der Waals surface area contributed by atoms with E-state index in [0.717, 1.165) is 11.4 Å². The summed E-state index contributed by atoms with van der Waals surface area (Å²) in [5.74, 6) is 2.25. The van der Waals surface area contributed by atoms with Crippen LogP contribution in [0.1, 0.15) is 13.3 Å². The minimum Gasteiger partial charge on any atom is -0.381 e. The van der Waals surface area contributed by atoms with Gasteiger partial charge in [-0.05, 0) is 30.4 Å². The maximum absolute atomic E-state index is 10.9. The van der Waals surface area contributed by atoms with E-state index in [2.05, 4.69) is 10.6 Å². The number of carbonyl (C=O) groups is 1. The number of anilines is 2. The van der Waals surface area contributed by atoms with Gasteiger partial charge >= 0.3 is 0 Å². The van der Waals surface area contributed by atoms with Gasteiger partial charge < -0.3 is 10.6 Å². The van der Waals surface area contributed by atoms with Crippen LogP contribution in [-0.4, -0.2) is 23.5 Å². The molecule has 1 aliphatic rings. The molecule has 0 bridgehead atoms. The molecule has 5 heteroatoms. The van der Waals surface area contributed by atoms with Gasteiger partial charge in [0.25, 0.3) is 0 Å². The van der Waals surface area contributed by atoms with Gasteiger partial charge in [0.05, 0.1) is 10.7 Å². The minimum absolute atomic E-state index is 0.111. The molecular formula is C12H15ClN2OS. The Labute approximate surface area is 110 Å². The molecule has 1 amide bonds. The van der Waals surface area contributed by atoms with Gasteiger partial charge in [-0.3, -0.25) is 4.79 Å². The van der Waals surface area contributed by atoms with E-state index in [0.29, 0.717) is 16.8 Å². The van der Waals surface area contributed by atoms with Crippen LogP contribution < -0.4 is 10.6 Å². The van der Waals surface area contributed by atoms with Crippen molar-refractivity contribution in [2.45, 2.75) is 19.4 Å². The predicted molar refractivity (Wildman–Crippen MR) is 75.1 cm³/mol. The van der Waals surface area contributed by atoms with Crippen LogP contribution in [0, 0.1) is 0 Å². The van der Waals surface area contributed by atoms with Crippen LogP contribution in [0.2, 0.25) is 5.02 Å². The van der Waals surface area contributed by atoms with E-state index in [4.69, 9.17) is 11.6 Å². The number of nitrogens with one attached hydrogen (secondary N) is 2. The van der Waals surface area contributed by atoms with Crippen LogP contribution in [0.5, 0.6) is 0 Å². The topological polar surface area (TPSA) is 41.1 Å². The van der Waals surface area contributed by atoms with Gasteiger partial charge in [-0.2, -0.15) is 11.8 Å². The third kappa shape index (κ3) is 3.54. The number of hydrogen-bond donors (Lipinski definition) is 2. The molecule has 1 aliphatic heterocycles. The van der Waals surface area contributed by atoms with Gasteiger partial charge in [0.2, 0.25) is 5.91 Å². The Morgan fingerprint density at radius 3 is 2.94 bits per heavy atom. The number of amides is 1. The molecule has 1 aromatic carbocycles. The van der Waals surface area contributed by atoms with Gasteiger partial charge in [-0.25, -0.2) is 0 Å². The van der Waals surface area contributed by atoms with Crippen molar-refractivity contribution in [1.82, 2.24) is 0 Å². The second-order valence-electron chi connectivity index (χ2n) is 4.08. The van der Waals surface area contributed by atoms with Crippen molar-refractivity contribution in [3.8, 4) is 0 Å². The first-order valence-corrected chi connectivity index (χ1v) is 7.10. The summed E-state index contributed by atoms with van der Waals surface area (Å²) >= 11 is 8.06. The average Bonchev–Trinajstić information content (AvgIpc) is 2.74. The zero-order valence-corrected chi connectivity index (χ0v) is 11.2. The molecule has 0 aromatic heterocycles. The normalized spacial score (nSPS) is 19.1. The molecule has 1 unspecified atom stereocenters. The summed E-state index contributed by atoms with van der Waals surface area (Å²) in [6, 6.07) is 6.16. The Balaban J connectivity index is 2.04. The monoisotopic (exact) mass is 270 g/mol. The maximum Gasteiger partial charge on any atom is 0.221 e. The van der Waals surface area contributed by atoms with Crippen molar-refractivity contribution in [1.29, 1.82) is 0 Å². The zero-order chi connectivity index (χ0) is 12.3. The first-order valence-electron chi connectivity index (χ1n) is 5.56. The van der Waals surface area contributed by atoms with Gasteiger partial charge in [-0.15, -0.1) is 0 Å². The Kier molecular flexibility index (Phi) is 4.18. The lowest BCUT2D eigenvalue weighted by molar-refractivity contribution is -0.114. The van der Waals surface area contributed by atoms with E-state index >= 15 is 0 Å². The smallest absolute Gasteiger partial charge is 0.221 e. The fraction of sp³-hybridized carbons (Fsp3) is 0.417. The highest BCUT2D eigenvalue weighted by Gasteiger charge is 2.15. The lowest BCUT2D eigenvalue weighted by atomic mass is 10.2. The third-order valence-corrected chi connectivity index (χ3v) is 4.06. The summed E-state index contributed by atoms with van der Waals surface area (Å²) in [7, 11) is 0. The number of benzene rings is 1. The number of carbonyl (C=O) groups excluding carboxylic acids is 1. The summed E-state index contributed by atoms with van der Waals surface area (Å²) in [5.41, 5.74) is 1.67. The van der Waals surface area contributed by atoms with Crippen molar-refractivity contribution in [2.24, 2.45) is 0 Å². The fourth-order valence-corrected chi connectivity index (χ4v) is 3.16. The molecule has 0 saturated carbocycles. The van der Waals surface area contributed by atoms with Crippen LogP contribution in [-0.2, 0) is 4.79 Å². The lowest BCUT2D eigenvalue weighted by Gasteiger charge is -2.14. The number of halogens is 1. The molecule has 1 saturated heterocycles. The molecule has 1 fully saturated rings. The summed E-state index contributed by atoms with van der Waals surface area (Å²) in [5, 5.41) is 6.70. The molecule has 0 spiro atoms. The molecular weight excluding hydrogens is 256 g/mol. The SMILES string of the molecule is CC(=O)Nc1ccc(NC2CCSC2)cc1Cl. The van der Waals surface area contributed by atoms with E-state index in [1.165, 1.54) is 19.1 Å². The Bertz CT molecular complexity index is 419. The molecule has 2 rings (SSSR count). The molecule has 1 atom stereocenters. The summed E-state index contributed by atoms with van der Waals surface area (Å²) in [6.07, 6.45) is 1.19. The van der Waals surface area contributed by atoms with Crippen LogP contribution in [0.4, 0.5) is 11.4 Å². The average molecular weight is 271 g/mol. The maximum atomic E-state index is 10.9. The second kappa shape index (κ2) is 5.65. The second-order valence-corrected chi connectivity index (χ2v) is 5.64. The fourth-order valence-electron chi connectivity index (χ4n) is 1.78. The summed E-state index contributed by atoms with van der Waals surface area (Å²) in [6.45, 7) is 1.47. The van der Waals surface area contributed by atoms with Crippen molar-refractivity contribution < 1.29 is 4.79 Å². The van der Waals surface area contributed by atoms with E-state index in [-0.39, 0.29) is 5.91 Å². The van der Waals surface area contributed by atoms with Crippen molar-refractivity contribution in [3.63, 3.8) is 0 Å². The standard InChI is InChI=1S/C12H15ClN2OS/c1-8(16)14-12-3-2-9(6-11(12)13)15-10-4-5-17-7-10/h2-3,6,10,15H,4-5,7H2,1H3,(H,14,16). The molecule has 1 aromatic rings. The number of hydrogen-bond acceptors (Lipinski definition) is 3. The molecule has 3 nitrogen and oxygen atoms in total. The molecule has 0 aliphatic carbocycles. The quantitative estimate of drug-likeness (QED) is 0.886. The highest BCUT2D eigenvalue weighted by Crippen LogP contribution is 2.27. The highest BCUT2D eigenvalue weighted by molar-refractivity contribution is 7.99. The lowest BCUT2D eigenvalue weighted by Crippen LogP contribution is -2.18. The predicted octanol–water partition coefficient (Wildman–Crippen LogP) is 3.22. The van der Waals surface area contributed by atoms with Crippen molar-refractivity contribution >= 4 is 40.6 Å². The first-order chi connectivity index (χ1) is 8.15. The van der Waals surface area contributed by atoms with Crippen molar-refractivity contribution in [2.75, 3.05) is 22.1 Å². The number of thioether (sulfide) groups is 1. The molecule has 2 N–H and O–H groups in total. The third-order valence-electron chi connectivity index (χ3n) is 2.58. The van der Waals surface area contributed by atoms with Crippen LogP contribution in [0.25, 0.3) is 0 Å². The van der Waals surface area contributed by atoms with E-state index < -0.39 is 0 Å². The Morgan fingerprint density at radius 1 is 1.53 bits per heavy atom. The summed E-state index contributed by atoms with van der Waals surface area (Å²) < 4.78 is 0. The van der Waals surface area contributed by atoms with Crippen LogP contribution in [0.15, 0.2) is 18.2 Å². The van der Waals surface area contributed by atoms with E-state index in [1.807, 2.05) is 30.0 Å². The van der Waals surface area contributed by atoms with E-state index in [9.17, 15) is 4.79 Å². The zero-order valence-electron chi connectivity index (χ0n) is 9.63. The molecule has 92 valence electrons. The van der Waals surface area contributed by atoms with E-state index in [1.54, 1.807) is 0 Å². The Morgan fingerprint density at radius 2 is 2.35 bits per heavy atom. The van der Waals surface area contributed by atoms with Gasteiger partial charge in [0.1, 0.15) is 0 Å². The van der Waals surface area contributed by atoms with Crippen LogP contribution >= 0.6 is 23.4 Å². The molecule has 17 heavy (non-hydrogen) atoms. The molecule has 0 radical (unpaired) electrons. The van der Waals surface area contributed by atoms with Crippen LogP contribution in [0.3, 0.4) is 0 Å². The Hall–Kier alpha value is -0.870. The molecule has 1 heterocycles. The largest absolute Gasteiger partial charge is 0.381 e. The van der Waals surface area contributed by atoms with Gasteiger partial charge in [0, 0.05) is 24.4 Å². The summed E-state index contributed by atoms with van der Waals surface area (Å²) in [4.78, 5) is 10.9. The number of rotatable bonds is 3. The van der Waals surface area contributed by atoms with Crippen molar-refractivity contribution in [3.05, 3.63) is 23.2 Å². The van der Waals surface area contributed by atoms with Gasteiger partial charge in [0.15, 0.2) is 0 Å². The minimum atomic E-state index is -0.111. The van der Waals surface area contributed by atoms with Gasteiger partial charge in [-0.1, -0.05) is 11.6 Å². The highest BCUT2D eigenvalue weighted by atomic mass is 35.5.